The van der Waals surface area contributed by atoms with Gasteiger partial charge in [0.05, 0.1) is 25.7 Å². The fourth-order valence-corrected chi connectivity index (χ4v) is 4.49. The van der Waals surface area contributed by atoms with Crippen molar-refractivity contribution in [1.82, 2.24) is 0 Å². The van der Waals surface area contributed by atoms with Crippen molar-refractivity contribution in [3.8, 4) is 23.0 Å². The number of ketones is 1. The summed E-state index contributed by atoms with van der Waals surface area (Å²) in [5.41, 5.74) is 2.50. The molecule has 0 fully saturated rings. The first-order valence-corrected chi connectivity index (χ1v) is 11.1. The van der Waals surface area contributed by atoms with E-state index in [1.807, 2.05) is 73.7 Å². The van der Waals surface area contributed by atoms with Crippen LogP contribution in [0, 0.1) is 0 Å². The Morgan fingerprint density at radius 3 is 2.44 bits per heavy atom. The topological polar surface area (TPSA) is 54.0 Å². The van der Waals surface area contributed by atoms with Crippen molar-refractivity contribution in [2.24, 2.45) is 0 Å². The van der Waals surface area contributed by atoms with E-state index in [1.165, 1.54) is 11.8 Å². The number of carbonyl (C=O) groups excluding carboxylic acids is 1. The van der Waals surface area contributed by atoms with E-state index >= 15 is 0 Å². The first kappa shape index (κ1) is 21.8. The van der Waals surface area contributed by atoms with E-state index in [1.54, 1.807) is 14.2 Å². The van der Waals surface area contributed by atoms with Crippen molar-refractivity contribution in [3.63, 3.8) is 0 Å². The van der Waals surface area contributed by atoms with E-state index in [0.717, 1.165) is 33.1 Å². The van der Waals surface area contributed by atoms with Gasteiger partial charge in [-0.1, -0.05) is 30.0 Å². The molecule has 3 aromatic rings. The Hall–Kier alpha value is -3.38. The Morgan fingerprint density at radius 2 is 1.69 bits per heavy atom. The Bertz CT molecular complexity index is 1170. The van der Waals surface area contributed by atoms with Gasteiger partial charge in [-0.25, -0.2) is 0 Å². The van der Waals surface area contributed by atoms with E-state index in [4.69, 9.17) is 18.9 Å². The highest BCUT2D eigenvalue weighted by Crippen LogP contribution is 2.41. The maximum atomic E-state index is 12.7. The number of allylic oxidation sites excluding steroid dienone is 1. The van der Waals surface area contributed by atoms with Crippen molar-refractivity contribution in [1.29, 1.82) is 0 Å². The van der Waals surface area contributed by atoms with Gasteiger partial charge in [0.1, 0.15) is 18.1 Å². The Labute approximate surface area is 192 Å². The van der Waals surface area contributed by atoms with E-state index in [-0.39, 0.29) is 5.78 Å². The second-order valence-corrected chi connectivity index (χ2v) is 8.13. The lowest BCUT2D eigenvalue weighted by Gasteiger charge is -2.15. The number of Topliss-reactive ketones (excluding diaryl/α,β-unsaturated/α-hetero) is 1. The largest absolute Gasteiger partial charge is 0.497 e. The predicted octanol–water partition coefficient (Wildman–Crippen LogP) is 6.01. The summed E-state index contributed by atoms with van der Waals surface area (Å²) < 4.78 is 22.6. The highest BCUT2D eigenvalue weighted by atomic mass is 32.2. The molecule has 0 bridgehead atoms. The number of hydrogen-bond donors (Lipinski definition) is 0. The summed E-state index contributed by atoms with van der Waals surface area (Å²) in [6.45, 7) is 2.72. The Kier molecular flexibility index (Phi) is 6.71. The summed E-state index contributed by atoms with van der Waals surface area (Å²) in [6, 6.07) is 18.9. The van der Waals surface area contributed by atoms with Gasteiger partial charge in [-0.3, -0.25) is 4.79 Å². The van der Waals surface area contributed by atoms with Crippen molar-refractivity contribution < 1.29 is 23.7 Å². The van der Waals surface area contributed by atoms with E-state index in [0.29, 0.717) is 29.6 Å². The van der Waals surface area contributed by atoms with Crippen LogP contribution in [0.5, 0.6) is 23.0 Å². The number of rotatable bonds is 8. The zero-order valence-corrected chi connectivity index (χ0v) is 19.0. The summed E-state index contributed by atoms with van der Waals surface area (Å²) in [5, 5.41) is 0. The average molecular weight is 449 g/mol. The molecule has 0 aliphatic carbocycles. The molecule has 0 aromatic heterocycles. The minimum atomic E-state index is 0.0500. The van der Waals surface area contributed by atoms with Crippen LogP contribution in [0.3, 0.4) is 0 Å². The maximum absolute atomic E-state index is 12.7. The number of thioether (sulfide) groups is 1. The Balaban J connectivity index is 1.56. The predicted molar refractivity (Wildman–Crippen MR) is 126 cm³/mol. The fourth-order valence-electron chi connectivity index (χ4n) is 3.44. The number of fused-ring (bicyclic) bond motifs is 1. The smallest absolute Gasteiger partial charge is 0.200 e. The van der Waals surface area contributed by atoms with Gasteiger partial charge in [-0.05, 0) is 61.0 Å². The molecule has 6 heteroatoms. The molecule has 32 heavy (non-hydrogen) atoms. The molecular weight excluding hydrogens is 424 g/mol. The average Bonchev–Trinajstić information content (AvgIpc) is 3.13. The van der Waals surface area contributed by atoms with Gasteiger partial charge < -0.3 is 18.9 Å². The molecule has 1 heterocycles. The van der Waals surface area contributed by atoms with Crippen molar-refractivity contribution in [2.45, 2.75) is 18.4 Å². The van der Waals surface area contributed by atoms with Gasteiger partial charge in [0.25, 0.3) is 0 Å². The van der Waals surface area contributed by atoms with E-state index in [9.17, 15) is 4.79 Å². The zero-order valence-electron chi connectivity index (χ0n) is 18.2. The molecular formula is C26H24O5S. The third-order valence-corrected chi connectivity index (χ3v) is 6.11. The van der Waals surface area contributed by atoms with Crippen LogP contribution in [0.4, 0.5) is 0 Å². The lowest BCUT2D eigenvalue weighted by Crippen LogP contribution is -2.02. The van der Waals surface area contributed by atoms with Crippen molar-refractivity contribution >= 4 is 23.6 Å². The number of hydrogen-bond acceptors (Lipinski definition) is 6. The normalized spacial score (nSPS) is 13.7. The molecule has 164 valence electrons. The first-order valence-electron chi connectivity index (χ1n) is 10.3. The van der Waals surface area contributed by atoms with Gasteiger partial charge in [-0.15, -0.1) is 0 Å². The fraction of sp³-hybridized carbons (Fsp3) is 0.192. The molecule has 5 nitrogen and oxygen atoms in total. The van der Waals surface area contributed by atoms with Gasteiger partial charge in [-0.2, -0.15) is 0 Å². The van der Waals surface area contributed by atoms with Gasteiger partial charge >= 0.3 is 0 Å². The molecule has 0 atom stereocenters. The Morgan fingerprint density at radius 1 is 0.875 bits per heavy atom. The molecule has 0 N–H and O–H groups in total. The standard InChI is InChI=1S/C26H24O5S/c1-4-30-23-13-17(14-25-26(27)20-7-5-6-8-24(20)32-25)9-11-22(23)31-16-18-15-19(28-2)10-12-21(18)29-3/h5-15H,4,16H2,1-3H3/b25-14-. The van der Waals surface area contributed by atoms with Crippen LogP contribution in [0.2, 0.25) is 0 Å². The molecule has 3 aromatic carbocycles. The summed E-state index contributed by atoms with van der Waals surface area (Å²) in [4.78, 5) is 14.4. The van der Waals surface area contributed by atoms with Crippen LogP contribution in [0.1, 0.15) is 28.4 Å². The minimum Gasteiger partial charge on any atom is -0.497 e. The molecule has 0 saturated carbocycles. The molecule has 0 saturated heterocycles. The summed E-state index contributed by atoms with van der Waals surface area (Å²) in [6.07, 6.45) is 1.89. The van der Waals surface area contributed by atoms with Crippen LogP contribution in [-0.2, 0) is 6.61 Å². The highest BCUT2D eigenvalue weighted by Gasteiger charge is 2.25. The molecule has 0 unspecified atom stereocenters. The van der Waals surface area contributed by atoms with E-state index < -0.39 is 0 Å². The molecule has 0 spiro atoms. The SMILES string of the molecule is CCOc1cc(/C=C2\Sc3ccccc3C2=O)ccc1OCc1cc(OC)ccc1OC. The lowest BCUT2D eigenvalue weighted by molar-refractivity contribution is 0.104. The van der Waals surface area contributed by atoms with Crippen LogP contribution in [-0.4, -0.2) is 26.6 Å². The minimum absolute atomic E-state index is 0.0500. The van der Waals surface area contributed by atoms with Crippen LogP contribution in [0.25, 0.3) is 6.08 Å². The quantitative estimate of drug-likeness (QED) is 0.393. The third kappa shape index (κ3) is 4.60. The summed E-state index contributed by atoms with van der Waals surface area (Å²) in [5.74, 6) is 2.75. The molecule has 4 rings (SSSR count). The van der Waals surface area contributed by atoms with E-state index in [2.05, 4.69) is 0 Å². The third-order valence-electron chi connectivity index (χ3n) is 5.01. The van der Waals surface area contributed by atoms with Gasteiger partial charge in [0.2, 0.25) is 5.78 Å². The van der Waals surface area contributed by atoms with Gasteiger partial charge in [0, 0.05) is 16.0 Å². The van der Waals surface area contributed by atoms with Crippen molar-refractivity contribution in [2.75, 3.05) is 20.8 Å². The number of carbonyl (C=O) groups is 1. The summed E-state index contributed by atoms with van der Waals surface area (Å²) in [7, 11) is 3.25. The second-order valence-electron chi connectivity index (χ2n) is 7.04. The lowest BCUT2D eigenvalue weighted by atomic mass is 10.1. The van der Waals surface area contributed by atoms with Crippen LogP contribution < -0.4 is 18.9 Å². The molecule has 1 aliphatic heterocycles. The zero-order chi connectivity index (χ0) is 22.5. The second kappa shape index (κ2) is 9.83. The molecule has 0 amide bonds. The maximum Gasteiger partial charge on any atom is 0.200 e. The number of methoxy groups -OCH3 is 2. The highest BCUT2D eigenvalue weighted by molar-refractivity contribution is 8.04. The monoisotopic (exact) mass is 448 g/mol. The van der Waals surface area contributed by atoms with Crippen LogP contribution >= 0.6 is 11.8 Å². The first-order chi connectivity index (χ1) is 15.6. The van der Waals surface area contributed by atoms with Crippen molar-refractivity contribution in [3.05, 3.63) is 82.3 Å². The van der Waals surface area contributed by atoms with Crippen LogP contribution in [0.15, 0.2) is 70.5 Å². The molecule has 1 aliphatic rings. The summed E-state index contributed by atoms with van der Waals surface area (Å²) >= 11 is 1.49. The molecule has 0 radical (unpaired) electrons. The van der Waals surface area contributed by atoms with Gasteiger partial charge in [0.15, 0.2) is 11.5 Å². The number of ether oxygens (including phenoxy) is 4. The number of benzene rings is 3.